The first-order valence-corrected chi connectivity index (χ1v) is 9.89. The second kappa shape index (κ2) is 9.75. The van der Waals surface area contributed by atoms with Crippen LogP contribution < -0.4 is 10.6 Å². The first kappa shape index (κ1) is 21.8. The van der Waals surface area contributed by atoms with Crippen molar-refractivity contribution >= 4 is 29.0 Å². The third-order valence-corrected chi connectivity index (χ3v) is 4.33. The maximum atomic E-state index is 12.3. The second-order valence-corrected chi connectivity index (χ2v) is 7.52. The minimum atomic E-state index is -0.358. The molecular weight excluding hydrogens is 396 g/mol. The van der Waals surface area contributed by atoms with Gasteiger partial charge in [-0.15, -0.1) is 10.2 Å². The molecule has 3 aromatic rings. The van der Waals surface area contributed by atoms with Crippen LogP contribution in [0, 0.1) is 5.92 Å². The van der Waals surface area contributed by atoms with Crippen LogP contribution >= 0.6 is 0 Å². The number of rotatable bonds is 8. The Kier molecular flexibility index (Phi) is 6.86. The van der Waals surface area contributed by atoms with Gasteiger partial charge in [-0.2, -0.15) is 4.80 Å². The molecule has 0 aliphatic rings. The molecule has 0 radical (unpaired) electrons. The van der Waals surface area contributed by atoms with E-state index in [1.807, 2.05) is 26.0 Å². The fourth-order valence-electron chi connectivity index (χ4n) is 2.92. The Morgan fingerprint density at radius 3 is 2.52 bits per heavy atom. The number of ketones is 1. The molecule has 0 bridgehead atoms. The standard InChI is InChI=1S/C22H24N6O3/c1-14(2)11-20(30)24-19-10-5-4-9-18(19)22-25-27-28(26-22)13-21(31)23-17-8-6-7-16(12-17)15(3)29/h4-10,12,14H,11,13H2,1-3H3,(H,23,31)(H,24,30). The number of tetrazole rings is 1. The number of anilines is 2. The van der Waals surface area contributed by atoms with Gasteiger partial charge in [-0.05, 0) is 42.3 Å². The van der Waals surface area contributed by atoms with E-state index in [-0.39, 0.29) is 30.1 Å². The van der Waals surface area contributed by atoms with Crippen molar-refractivity contribution in [1.29, 1.82) is 0 Å². The van der Waals surface area contributed by atoms with Crippen molar-refractivity contribution < 1.29 is 14.4 Å². The number of amides is 2. The zero-order chi connectivity index (χ0) is 22.4. The average molecular weight is 420 g/mol. The van der Waals surface area contributed by atoms with Crippen molar-refractivity contribution in [1.82, 2.24) is 20.2 Å². The quantitative estimate of drug-likeness (QED) is 0.540. The van der Waals surface area contributed by atoms with E-state index in [1.54, 1.807) is 36.4 Å². The molecule has 0 saturated carbocycles. The largest absolute Gasteiger partial charge is 0.325 e. The van der Waals surface area contributed by atoms with Gasteiger partial charge in [-0.3, -0.25) is 14.4 Å². The summed E-state index contributed by atoms with van der Waals surface area (Å²) in [6.45, 7) is 5.25. The van der Waals surface area contributed by atoms with Crippen molar-refractivity contribution in [2.75, 3.05) is 10.6 Å². The van der Waals surface area contributed by atoms with E-state index in [9.17, 15) is 14.4 Å². The molecule has 2 amide bonds. The van der Waals surface area contributed by atoms with E-state index in [1.165, 1.54) is 11.7 Å². The molecular formula is C22H24N6O3. The Morgan fingerprint density at radius 2 is 1.77 bits per heavy atom. The number of Topliss-reactive ketones (excluding diaryl/α,β-unsaturated/α-hetero) is 1. The van der Waals surface area contributed by atoms with Crippen molar-refractivity contribution in [2.24, 2.45) is 5.92 Å². The predicted octanol–water partition coefficient (Wildman–Crippen LogP) is 3.17. The summed E-state index contributed by atoms with van der Waals surface area (Å²) in [6.07, 6.45) is 0.402. The van der Waals surface area contributed by atoms with Crippen LogP contribution in [0.15, 0.2) is 48.5 Å². The van der Waals surface area contributed by atoms with Gasteiger partial charge in [-0.1, -0.05) is 38.1 Å². The normalized spacial score (nSPS) is 10.7. The van der Waals surface area contributed by atoms with Crippen molar-refractivity contribution in [3.8, 4) is 11.4 Å². The van der Waals surface area contributed by atoms with Gasteiger partial charge in [0.25, 0.3) is 0 Å². The van der Waals surface area contributed by atoms with E-state index in [2.05, 4.69) is 26.0 Å². The third-order valence-electron chi connectivity index (χ3n) is 4.33. The summed E-state index contributed by atoms with van der Waals surface area (Å²) in [5, 5.41) is 17.8. The highest BCUT2D eigenvalue weighted by molar-refractivity contribution is 5.97. The van der Waals surface area contributed by atoms with Crippen LogP contribution in [0.4, 0.5) is 11.4 Å². The SMILES string of the molecule is CC(=O)c1cccc(NC(=O)Cn2nnc(-c3ccccc3NC(=O)CC(C)C)n2)c1. The lowest BCUT2D eigenvalue weighted by molar-refractivity contribution is -0.117. The summed E-state index contributed by atoms with van der Waals surface area (Å²) >= 11 is 0. The molecule has 3 rings (SSSR count). The Hall–Kier alpha value is -3.88. The lowest BCUT2D eigenvalue weighted by Gasteiger charge is -2.10. The Morgan fingerprint density at radius 1 is 1.00 bits per heavy atom. The van der Waals surface area contributed by atoms with Crippen LogP contribution in [0.5, 0.6) is 0 Å². The van der Waals surface area contributed by atoms with E-state index in [0.717, 1.165) is 0 Å². The molecule has 160 valence electrons. The molecule has 2 aromatic carbocycles. The molecule has 1 heterocycles. The number of para-hydroxylation sites is 1. The number of carbonyl (C=O) groups excluding carboxylic acids is 3. The average Bonchev–Trinajstić information content (AvgIpc) is 3.16. The van der Waals surface area contributed by atoms with Crippen molar-refractivity contribution in [3.05, 3.63) is 54.1 Å². The molecule has 0 unspecified atom stereocenters. The minimum absolute atomic E-state index is 0.0853. The van der Waals surface area contributed by atoms with Crippen LogP contribution in [-0.4, -0.2) is 37.8 Å². The summed E-state index contributed by atoms with van der Waals surface area (Å²) in [5.41, 5.74) is 2.21. The van der Waals surface area contributed by atoms with Gasteiger partial charge >= 0.3 is 0 Å². The van der Waals surface area contributed by atoms with E-state index in [0.29, 0.717) is 34.7 Å². The zero-order valence-corrected chi connectivity index (χ0v) is 17.6. The highest BCUT2D eigenvalue weighted by Crippen LogP contribution is 2.24. The molecule has 9 heteroatoms. The zero-order valence-electron chi connectivity index (χ0n) is 17.6. The van der Waals surface area contributed by atoms with Gasteiger partial charge in [-0.25, -0.2) is 0 Å². The topological polar surface area (TPSA) is 119 Å². The number of carbonyl (C=O) groups is 3. The van der Waals surface area contributed by atoms with Crippen LogP contribution in [0.3, 0.4) is 0 Å². The molecule has 0 spiro atoms. The summed E-state index contributed by atoms with van der Waals surface area (Å²) < 4.78 is 0. The van der Waals surface area contributed by atoms with Crippen LogP contribution in [0.25, 0.3) is 11.4 Å². The van der Waals surface area contributed by atoms with Crippen LogP contribution in [-0.2, 0) is 16.1 Å². The van der Waals surface area contributed by atoms with Gasteiger partial charge in [0.05, 0.1) is 5.69 Å². The summed E-state index contributed by atoms with van der Waals surface area (Å²) in [6, 6.07) is 13.8. The predicted molar refractivity (Wildman–Crippen MR) is 116 cm³/mol. The molecule has 0 aliphatic heterocycles. The monoisotopic (exact) mass is 420 g/mol. The summed E-state index contributed by atoms with van der Waals surface area (Å²) in [7, 11) is 0. The molecule has 0 saturated heterocycles. The fourth-order valence-corrected chi connectivity index (χ4v) is 2.92. The van der Waals surface area contributed by atoms with Crippen LogP contribution in [0.1, 0.15) is 37.6 Å². The van der Waals surface area contributed by atoms with Gasteiger partial charge in [0.15, 0.2) is 5.78 Å². The number of nitrogens with zero attached hydrogens (tertiary/aromatic N) is 4. The number of aromatic nitrogens is 4. The minimum Gasteiger partial charge on any atom is -0.325 e. The van der Waals surface area contributed by atoms with Crippen LogP contribution in [0.2, 0.25) is 0 Å². The first-order valence-electron chi connectivity index (χ1n) is 9.89. The fraction of sp³-hybridized carbons (Fsp3) is 0.273. The maximum absolute atomic E-state index is 12.3. The summed E-state index contributed by atoms with van der Waals surface area (Å²) in [5.74, 6) is -0.00402. The van der Waals surface area contributed by atoms with E-state index >= 15 is 0 Å². The van der Waals surface area contributed by atoms with Crippen molar-refractivity contribution in [3.63, 3.8) is 0 Å². The smallest absolute Gasteiger partial charge is 0.248 e. The highest BCUT2D eigenvalue weighted by Gasteiger charge is 2.15. The molecule has 2 N–H and O–H groups in total. The highest BCUT2D eigenvalue weighted by atomic mass is 16.2. The maximum Gasteiger partial charge on any atom is 0.248 e. The molecule has 0 aliphatic carbocycles. The number of hydrogen-bond donors (Lipinski definition) is 2. The molecule has 9 nitrogen and oxygen atoms in total. The molecule has 31 heavy (non-hydrogen) atoms. The Balaban J connectivity index is 1.69. The Labute approximate surface area is 179 Å². The third kappa shape index (κ3) is 6.05. The van der Waals surface area contributed by atoms with Crippen molar-refractivity contribution in [2.45, 2.75) is 33.7 Å². The first-order chi connectivity index (χ1) is 14.8. The lowest BCUT2D eigenvalue weighted by Crippen LogP contribution is -2.20. The number of nitrogens with one attached hydrogen (secondary N) is 2. The number of benzene rings is 2. The number of hydrogen-bond acceptors (Lipinski definition) is 6. The van der Waals surface area contributed by atoms with Gasteiger partial charge in [0.1, 0.15) is 6.54 Å². The lowest BCUT2D eigenvalue weighted by atomic mass is 10.1. The van der Waals surface area contributed by atoms with Gasteiger partial charge < -0.3 is 10.6 Å². The molecule has 0 atom stereocenters. The summed E-state index contributed by atoms with van der Waals surface area (Å²) in [4.78, 5) is 37.2. The van der Waals surface area contributed by atoms with E-state index in [4.69, 9.17) is 0 Å². The molecule has 0 fully saturated rings. The molecule has 1 aromatic heterocycles. The van der Waals surface area contributed by atoms with Gasteiger partial charge in [0.2, 0.25) is 17.6 Å². The second-order valence-electron chi connectivity index (χ2n) is 7.52. The van der Waals surface area contributed by atoms with Gasteiger partial charge in [0, 0.05) is 23.2 Å². The Bertz CT molecular complexity index is 1110. The van der Waals surface area contributed by atoms with E-state index < -0.39 is 0 Å².